The summed E-state index contributed by atoms with van der Waals surface area (Å²) < 4.78 is 31.3. The van der Waals surface area contributed by atoms with E-state index in [1.165, 1.54) is 19.9 Å². The Morgan fingerprint density at radius 3 is 2.36 bits per heavy atom. The molecule has 0 aliphatic carbocycles. The van der Waals surface area contributed by atoms with Crippen LogP contribution in [0.3, 0.4) is 0 Å². The zero-order chi connectivity index (χ0) is 16.7. The fourth-order valence-corrected chi connectivity index (χ4v) is 3.69. The second-order valence-corrected chi connectivity index (χ2v) is 7.12. The van der Waals surface area contributed by atoms with Gasteiger partial charge in [-0.3, -0.25) is 4.79 Å². The van der Waals surface area contributed by atoms with E-state index in [2.05, 4.69) is 5.16 Å². The van der Waals surface area contributed by atoms with Gasteiger partial charge in [0.05, 0.1) is 20.8 Å². The Kier molecular flexibility index (Phi) is 4.72. The van der Waals surface area contributed by atoms with Gasteiger partial charge >= 0.3 is 0 Å². The van der Waals surface area contributed by atoms with Crippen LogP contribution in [0.15, 0.2) is 21.6 Å². The maximum Gasteiger partial charge on any atom is 0.270 e. The minimum Gasteiger partial charge on any atom is -0.361 e. The van der Waals surface area contributed by atoms with Gasteiger partial charge < -0.3 is 4.52 Å². The molecule has 6 nitrogen and oxygen atoms in total. The highest BCUT2D eigenvalue weighted by Crippen LogP contribution is 2.34. The largest absolute Gasteiger partial charge is 0.361 e. The van der Waals surface area contributed by atoms with Crippen LogP contribution < -0.4 is 4.72 Å². The van der Waals surface area contributed by atoms with E-state index in [1.54, 1.807) is 0 Å². The lowest BCUT2D eigenvalue weighted by molar-refractivity contribution is 0.0979. The van der Waals surface area contributed by atoms with Gasteiger partial charge in [-0.05, 0) is 26.0 Å². The quantitative estimate of drug-likeness (QED) is 0.821. The standard InChI is InChI=1S/C12H9Cl3N2O4S/c1-5-9(6(2)21-16-5)12(18)17-22(19,20)8-4-3-7(13)10(14)11(8)15/h3-4H,1-2H3,(H,17,18). The summed E-state index contributed by atoms with van der Waals surface area (Å²) in [6.07, 6.45) is 0. The van der Waals surface area contributed by atoms with Crippen LogP contribution in [0.1, 0.15) is 21.8 Å². The Morgan fingerprint density at radius 2 is 1.82 bits per heavy atom. The maximum atomic E-state index is 12.3. The molecule has 1 N–H and O–H groups in total. The van der Waals surface area contributed by atoms with Crippen molar-refractivity contribution in [2.45, 2.75) is 18.7 Å². The molecular weight excluding hydrogens is 375 g/mol. The minimum absolute atomic E-state index is 0.0414. The van der Waals surface area contributed by atoms with Gasteiger partial charge in [0.15, 0.2) is 0 Å². The number of carbonyl (C=O) groups excluding carboxylic acids is 1. The molecule has 2 aromatic rings. The van der Waals surface area contributed by atoms with Crippen molar-refractivity contribution < 1.29 is 17.7 Å². The van der Waals surface area contributed by atoms with Crippen molar-refractivity contribution in [1.29, 1.82) is 0 Å². The molecule has 10 heteroatoms. The topological polar surface area (TPSA) is 89.3 Å². The molecule has 0 saturated heterocycles. The SMILES string of the molecule is Cc1noc(C)c1C(=O)NS(=O)(=O)c1ccc(Cl)c(Cl)c1Cl. The van der Waals surface area contributed by atoms with Crippen LogP contribution in [0.5, 0.6) is 0 Å². The summed E-state index contributed by atoms with van der Waals surface area (Å²) in [7, 11) is -4.23. The normalized spacial score (nSPS) is 11.5. The van der Waals surface area contributed by atoms with Crippen molar-refractivity contribution in [3.8, 4) is 0 Å². The molecule has 0 fully saturated rings. The Morgan fingerprint density at radius 1 is 1.18 bits per heavy atom. The van der Waals surface area contributed by atoms with Gasteiger partial charge in [-0.2, -0.15) is 0 Å². The molecule has 0 atom stereocenters. The number of aryl methyl sites for hydroxylation is 2. The minimum atomic E-state index is -4.23. The molecule has 1 aromatic heterocycles. The first kappa shape index (κ1) is 17.1. The first-order valence-electron chi connectivity index (χ1n) is 5.78. The van der Waals surface area contributed by atoms with E-state index in [1.807, 2.05) is 4.72 Å². The molecule has 1 amide bonds. The highest BCUT2D eigenvalue weighted by molar-refractivity contribution is 7.90. The summed E-state index contributed by atoms with van der Waals surface area (Å²) >= 11 is 17.4. The number of sulfonamides is 1. The van der Waals surface area contributed by atoms with E-state index in [9.17, 15) is 13.2 Å². The zero-order valence-electron chi connectivity index (χ0n) is 11.3. The highest BCUT2D eigenvalue weighted by Gasteiger charge is 2.26. The number of rotatable bonds is 3. The maximum absolute atomic E-state index is 12.3. The molecule has 1 aromatic carbocycles. The van der Waals surface area contributed by atoms with E-state index in [4.69, 9.17) is 39.3 Å². The van der Waals surface area contributed by atoms with E-state index in [-0.39, 0.29) is 37.0 Å². The molecule has 1 heterocycles. The van der Waals surface area contributed by atoms with Crippen molar-refractivity contribution in [2.24, 2.45) is 0 Å². The Bertz CT molecular complexity index is 842. The smallest absolute Gasteiger partial charge is 0.270 e. The third kappa shape index (κ3) is 3.08. The number of carbonyl (C=O) groups is 1. The van der Waals surface area contributed by atoms with E-state index >= 15 is 0 Å². The predicted molar refractivity (Wildman–Crippen MR) is 82.1 cm³/mol. The van der Waals surface area contributed by atoms with Gasteiger partial charge in [0, 0.05) is 0 Å². The molecule has 0 aliphatic heterocycles. The van der Waals surface area contributed by atoms with Crippen LogP contribution in [0.4, 0.5) is 0 Å². The zero-order valence-corrected chi connectivity index (χ0v) is 14.4. The Labute approximate surface area is 141 Å². The predicted octanol–water partition coefficient (Wildman–Crippen LogP) is 3.37. The van der Waals surface area contributed by atoms with Crippen LogP contribution in [-0.2, 0) is 10.0 Å². The molecular formula is C12H9Cl3N2O4S. The average molecular weight is 384 g/mol. The van der Waals surface area contributed by atoms with Crippen LogP contribution in [0, 0.1) is 13.8 Å². The van der Waals surface area contributed by atoms with Gasteiger partial charge in [-0.25, -0.2) is 13.1 Å². The number of hydrogen-bond acceptors (Lipinski definition) is 5. The van der Waals surface area contributed by atoms with E-state index < -0.39 is 15.9 Å². The van der Waals surface area contributed by atoms with Gasteiger partial charge in [0.1, 0.15) is 16.2 Å². The number of nitrogens with zero attached hydrogens (tertiary/aromatic N) is 1. The average Bonchev–Trinajstić information content (AvgIpc) is 2.74. The van der Waals surface area contributed by atoms with Gasteiger partial charge in [0.25, 0.3) is 15.9 Å². The number of benzene rings is 1. The molecule has 0 aliphatic rings. The first-order chi connectivity index (χ1) is 10.1. The molecule has 22 heavy (non-hydrogen) atoms. The second-order valence-electron chi connectivity index (χ2n) is 4.31. The third-order valence-corrected chi connectivity index (χ3v) is 5.56. The molecule has 0 bridgehead atoms. The van der Waals surface area contributed by atoms with E-state index in [0.717, 1.165) is 6.07 Å². The number of halogens is 3. The van der Waals surface area contributed by atoms with Crippen molar-refractivity contribution in [2.75, 3.05) is 0 Å². The van der Waals surface area contributed by atoms with Gasteiger partial charge in [-0.15, -0.1) is 0 Å². The fourth-order valence-electron chi connectivity index (χ4n) is 1.75. The lowest BCUT2D eigenvalue weighted by atomic mass is 10.2. The number of aromatic nitrogens is 1. The molecule has 118 valence electrons. The van der Waals surface area contributed by atoms with Gasteiger partial charge in [0.2, 0.25) is 0 Å². The summed E-state index contributed by atoms with van der Waals surface area (Å²) in [5.41, 5.74) is 0.310. The summed E-state index contributed by atoms with van der Waals surface area (Å²) in [6, 6.07) is 2.42. The second kappa shape index (κ2) is 6.08. The van der Waals surface area contributed by atoms with Crippen molar-refractivity contribution in [3.05, 3.63) is 44.2 Å². The lowest BCUT2D eigenvalue weighted by Crippen LogP contribution is -2.31. The van der Waals surface area contributed by atoms with Crippen LogP contribution in [-0.4, -0.2) is 19.5 Å². The summed E-state index contributed by atoms with van der Waals surface area (Å²) in [6.45, 7) is 3.01. The van der Waals surface area contributed by atoms with Crippen LogP contribution in [0.25, 0.3) is 0 Å². The van der Waals surface area contributed by atoms with Crippen molar-refractivity contribution in [3.63, 3.8) is 0 Å². The lowest BCUT2D eigenvalue weighted by Gasteiger charge is -2.09. The Hall–Kier alpha value is -1.28. The third-order valence-electron chi connectivity index (χ3n) is 2.78. The molecule has 0 spiro atoms. The van der Waals surface area contributed by atoms with Crippen LogP contribution >= 0.6 is 34.8 Å². The number of nitrogens with one attached hydrogen (secondary N) is 1. The summed E-state index contributed by atoms with van der Waals surface area (Å²) in [5.74, 6) is -0.677. The van der Waals surface area contributed by atoms with Crippen molar-refractivity contribution >= 4 is 50.7 Å². The monoisotopic (exact) mass is 382 g/mol. The summed E-state index contributed by atoms with van der Waals surface area (Å²) in [5, 5.41) is 3.30. The molecule has 2 rings (SSSR count). The summed E-state index contributed by atoms with van der Waals surface area (Å²) in [4.78, 5) is 11.7. The molecule has 0 radical (unpaired) electrons. The Balaban J connectivity index is 2.41. The number of hydrogen-bond donors (Lipinski definition) is 1. The van der Waals surface area contributed by atoms with Crippen LogP contribution in [0.2, 0.25) is 15.1 Å². The van der Waals surface area contributed by atoms with Crippen molar-refractivity contribution in [1.82, 2.24) is 9.88 Å². The van der Waals surface area contributed by atoms with E-state index in [0.29, 0.717) is 0 Å². The van der Waals surface area contributed by atoms with Gasteiger partial charge in [-0.1, -0.05) is 40.0 Å². The highest BCUT2D eigenvalue weighted by atomic mass is 35.5. The fraction of sp³-hybridized carbons (Fsp3) is 0.167. The molecule has 0 saturated carbocycles. The number of amides is 1. The first-order valence-corrected chi connectivity index (χ1v) is 8.40. The molecule has 0 unspecified atom stereocenters.